The largest absolute Gasteiger partial charge is 0.353 e. The number of benzene rings is 1. The summed E-state index contributed by atoms with van der Waals surface area (Å²) in [7, 11) is -1.60. The highest BCUT2D eigenvalue weighted by atomic mass is 28.3. The second-order valence-corrected chi connectivity index (χ2v) is 14.3. The average molecular weight is 400 g/mol. The molecular weight excluding hydrogens is 362 g/mol. The molecule has 28 heavy (non-hydrogen) atoms. The monoisotopic (exact) mass is 399 g/mol. The Balaban J connectivity index is 1.59. The Labute approximate surface area is 172 Å². The van der Waals surface area contributed by atoms with Crippen molar-refractivity contribution in [1.29, 1.82) is 0 Å². The normalized spacial score (nSPS) is 31.6. The van der Waals surface area contributed by atoms with E-state index in [9.17, 15) is 0 Å². The van der Waals surface area contributed by atoms with E-state index in [0.717, 1.165) is 37.5 Å². The van der Waals surface area contributed by atoms with Crippen LogP contribution in [0.25, 0.3) is 0 Å². The quantitative estimate of drug-likeness (QED) is 0.517. The van der Waals surface area contributed by atoms with Gasteiger partial charge in [-0.3, -0.25) is 4.90 Å². The van der Waals surface area contributed by atoms with Crippen LogP contribution in [0.2, 0.25) is 18.6 Å². The lowest BCUT2D eigenvalue weighted by Crippen LogP contribution is -2.52. The number of hydrogen-bond acceptors (Lipinski definition) is 3. The summed E-state index contributed by atoms with van der Waals surface area (Å²) in [6.45, 7) is 11.7. The average Bonchev–Trinajstić information content (AvgIpc) is 2.91. The Morgan fingerprint density at radius 1 is 1.07 bits per heavy atom. The van der Waals surface area contributed by atoms with Gasteiger partial charge in [-0.1, -0.05) is 60.8 Å². The number of rotatable bonds is 6. The van der Waals surface area contributed by atoms with E-state index in [1.807, 2.05) is 0 Å². The predicted octanol–water partition coefficient (Wildman–Crippen LogP) is 4.55. The first-order chi connectivity index (χ1) is 13.5. The highest BCUT2D eigenvalue weighted by Crippen LogP contribution is 2.52. The molecule has 1 aromatic carbocycles. The van der Waals surface area contributed by atoms with E-state index in [0.29, 0.717) is 18.1 Å². The molecule has 3 aliphatic rings. The lowest BCUT2D eigenvalue weighted by atomic mass is 9.88. The number of nitrogens with zero attached hydrogens (tertiary/aromatic N) is 1. The molecule has 2 heterocycles. The molecule has 0 N–H and O–H groups in total. The van der Waals surface area contributed by atoms with Crippen LogP contribution in [0.5, 0.6) is 0 Å². The van der Waals surface area contributed by atoms with Crippen molar-refractivity contribution in [3.05, 3.63) is 42.5 Å². The lowest BCUT2D eigenvalue weighted by molar-refractivity contribution is -0.183. The summed E-state index contributed by atoms with van der Waals surface area (Å²) in [5.41, 5.74) is 0.778. The molecule has 0 saturated carbocycles. The molecule has 3 nitrogen and oxygen atoms in total. The van der Waals surface area contributed by atoms with Gasteiger partial charge in [-0.05, 0) is 51.0 Å². The van der Waals surface area contributed by atoms with Crippen LogP contribution in [0.15, 0.2) is 42.5 Å². The number of ether oxygens (including phenoxy) is 2. The molecule has 0 spiro atoms. The molecule has 2 aliphatic heterocycles. The van der Waals surface area contributed by atoms with E-state index >= 15 is 0 Å². The molecule has 1 aromatic rings. The predicted molar refractivity (Wildman–Crippen MR) is 119 cm³/mol. The number of hydrogen-bond donors (Lipinski definition) is 0. The molecule has 2 fully saturated rings. The zero-order valence-corrected chi connectivity index (χ0v) is 19.0. The molecule has 1 aliphatic carbocycles. The van der Waals surface area contributed by atoms with Gasteiger partial charge in [0.1, 0.15) is 0 Å². The Hall–Kier alpha value is -0.943. The van der Waals surface area contributed by atoms with Gasteiger partial charge in [-0.15, -0.1) is 0 Å². The third-order valence-corrected chi connectivity index (χ3v) is 11.6. The molecule has 4 heteroatoms. The van der Waals surface area contributed by atoms with E-state index in [4.69, 9.17) is 9.47 Å². The van der Waals surface area contributed by atoms with Crippen LogP contribution in [0.3, 0.4) is 0 Å². The molecule has 0 radical (unpaired) electrons. The Morgan fingerprint density at radius 2 is 1.79 bits per heavy atom. The van der Waals surface area contributed by atoms with Crippen LogP contribution in [0.1, 0.15) is 39.5 Å². The molecular formula is C24H37NO2Si. The molecule has 2 saturated heterocycles. The minimum Gasteiger partial charge on any atom is -0.353 e. The van der Waals surface area contributed by atoms with E-state index < -0.39 is 8.07 Å². The van der Waals surface area contributed by atoms with Crippen molar-refractivity contribution in [2.75, 3.05) is 13.2 Å². The summed E-state index contributed by atoms with van der Waals surface area (Å²) < 4.78 is 11.7. The van der Waals surface area contributed by atoms with Crippen molar-refractivity contribution in [3.8, 4) is 0 Å². The molecule has 4 rings (SSSR count). The Bertz CT molecular complexity index is 668. The standard InChI is InChI=1S/C24H37NO2Si/c1-18(2)25-21(14-15-23-26-16-9-17-27-23)20-12-8-13-22(25)24(20)28(3,4)19-10-6-5-7-11-19/h5-8,10-11,13,18,20-24H,9,12,14-17H2,1-4H3/t20-,21-,22-,24+/m1/s1. The molecule has 0 amide bonds. The van der Waals surface area contributed by atoms with Gasteiger partial charge in [-0.25, -0.2) is 0 Å². The minimum absolute atomic E-state index is 0.00834. The van der Waals surface area contributed by atoms with Gasteiger partial charge in [0.05, 0.1) is 21.3 Å². The SMILES string of the molecule is CC(C)N1[C@@H]2C=CC[C@@H]([C@@H]2[Si](C)(C)c2ccccc2)[C@H]1CCC1OCCCO1. The maximum absolute atomic E-state index is 5.86. The molecule has 2 bridgehead atoms. The van der Waals surface area contributed by atoms with E-state index in [-0.39, 0.29) is 6.29 Å². The topological polar surface area (TPSA) is 21.7 Å². The van der Waals surface area contributed by atoms with Gasteiger partial charge in [0.15, 0.2) is 6.29 Å². The van der Waals surface area contributed by atoms with Gasteiger partial charge in [0.25, 0.3) is 0 Å². The summed E-state index contributed by atoms with van der Waals surface area (Å²) in [6.07, 6.45) is 9.47. The highest BCUT2D eigenvalue weighted by molar-refractivity contribution is 6.91. The maximum Gasteiger partial charge on any atom is 0.157 e. The van der Waals surface area contributed by atoms with Crippen molar-refractivity contribution in [2.45, 2.75) is 82.6 Å². The second-order valence-electron chi connectivity index (χ2n) is 9.64. The maximum atomic E-state index is 5.86. The van der Waals surface area contributed by atoms with Crippen LogP contribution in [-0.2, 0) is 9.47 Å². The van der Waals surface area contributed by atoms with Crippen LogP contribution < -0.4 is 5.19 Å². The summed E-state index contributed by atoms with van der Waals surface area (Å²) in [4.78, 5) is 2.83. The van der Waals surface area contributed by atoms with E-state index in [1.165, 1.54) is 12.8 Å². The van der Waals surface area contributed by atoms with Crippen LogP contribution in [-0.4, -0.2) is 50.6 Å². The van der Waals surface area contributed by atoms with Crippen molar-refractivity contribution in [2.24, 2.45) is 5.92 Å². The fourth-order valence-corrected chi connectivity index (χ4v) is 10.1. The minimum atomic E-state index is -1.60. The second kappa shape index (κ2) is 8.43. The van der Waals surface area contributed by atoms with Crippen molar-refractivity contribution in [3.63, 3.8) is 0 Å². The summed E-state index contributed by atoms with van der Waals surface area (Å²) >= 11 is 0. The molecule has 0 unspecified atom stereocenters. The van der Waals surface area contributed by atoms with Crippen LogP contribution in [0, 0.1) is 5.92 Å². The smallest absolute Gasteiger partial charge is 0.157 e. The first-order valence-corrected chi connectivity index (χ1v) is 14.3. The zero-order chi connectivity index (χ0) is 19.7. The first kappa shape index (κ1) is 20.3. The van der Waals surface area contributed by atoms with Crippen LogP contribution >= 0.6 is 0 Å². The third-order valence-electron chi connectivity index (χ3n) is 7.33. The zero-order valence-electron chi connectivity index (χ0n) is 18.0. The molecule has 154 valence electrons. The fraction of sp³-hybridized carbons (Fsp3) is 0.667. The number of fused-ring (bicyclic) bond motifs is 2. The summed E-state index contributed by atoms with van der Waals surface area (Å²) in [5.74, 6) is 0.753. The fourth-order valence-electron chi connectivity index (χ4n) is 6.14. The van der Waals surface area contributed by atoms with Crippen molar-refractivity contribution < 1.29 is 9.47 Å². The highest BCUT2D eigenvalue weighted by Gasteiger charge is 2.55. The van der Waals surface area contributed by atoms with Crippen LogP contribution in [0.4, 0.5) is 0 Å². The first-order valence-electron chi connectivity index (χ1n) is 11.2. The van der Waals surface area contributed by atoms with Gasteiger partial charge >= 0.3 is 0 Å². The van der Waals surface area contributed by atoms with Gasteiger partial charge in [-0.2, -0.15) is 0 Å². The Kier molecular flexibility index (Phi) is 6.12. The number of likely N-dealkylation sites (tertiary alicyclic amines) is 1. The van der Waals surface area contributed by atoms with Crippen molar-refractivity contribution >= 4 is 13.3 Å². The molecule has 4 atom stereocenters. The van der Waals surface area contributed by atoms with Gasteiger partial charge in [0, 0.05) is 18.1 Å². The van der Waals surface area contributed by atoms with E-state index in [1.54, 1.807) is 5.19 Å². The molecule has 0 aromatic heterocycles. The third kappa shape index (κ3) is 3.77. The van der Waals surface area contributed by atoms with Gasteiger partial charge < -0.3 is 9.47 Å². The summed E-state index contributed by atoms with van der Waals surface area (Å²) in [5, 5.41) is 1.61. The van der Waals surface area contributed by atoms with Crippen molar-refractivity contribution in [1.82, 2.24) is 4.90 Å². The van der Waals surface area contributed by atoms with Gasteiger partial charge in [0.2, 0.25) is 0 Å². The Morgan fingerprint density at radius 3 is 2.46 bits per heavy atom. The number of allylic oxidation sites excluding steroid dienone is 1. The lowest BCUT2D eigenvalue weighted by Gasteiger charge is -2.40. The summed E-state index contributed by atoms with van der Waals surface area (Å²) in [6, 6.07) is 13.1. The van der Waals surface area contributed by atoms with E-state index in [2.05, 4.69) is 74.3 Å².